The fourth-order valence-electron chi connectivity index (χ4n) is 2.43. The van der Waals surface area contributed by atoms with Crippen LogP contribution in [0.1, 0.15) is 15.9 Å². The first-order chi connectivity index (χ1) is 12.5. The molecule has 0 aliphatic carbocycles. The Bertz CT molecular complexity index is 1030. The lowest BCUT2D eigenvalue weighted by Crippen LogP contribution is -2.29. The van der Waals surface area contributed by atoms with Crippen LogP contribution < -0.4 is 10.9 Å². The van der Waals surface area contributed by atoms with E-state index in [1.807, 2.05) is 18.2 Å². The van der Waals surface area contributed by atoms with E-state index < -0.39 is 11.5 Å². The van der Waals surface area contributed by atoms with Crippen LogP contribution in [0.25, 0.3) is 0 Å². The minimum absolute atomic E-state index is 0.00408. The van der Waals surface area contributed by atoms with Crippen molar-refractivity contribution in [3.63, 3.8) is 0 Å². The van der Waals surface area contributed by atoms with Crippen molar-refractivity contribution in [1.29, 1.82) is 0 Å². The van der Waals surface area contributed by atoms with E-state index in [1.165, 1.54) is 16.7 Å². The number of nitrogens with one attached hydrogen (secondary N) is 1. The zero-order chi connectivity index (χ0) is 18.7. The molecule has 7 heteroatoms. The molecular formula is C19H13Cl3N2O2. The average Bonchev–Trinajstić information content (AvgIpc) is 2.61. The second-order valence-electron chi connectivity index (χ2n) is 5.52. The van der Waals surface area contributed by atoms with E-state index in [0.29, 0.717) is 20.8 Å². The van der Waals surface area contributed by atoms with E-state index >= 15 is 0 Å². The SMILES string of the molecule is O=C(Nc1cc(Cl)ccc1Cl)c1cccn(Cc2ccccc2Cl)c1=O. The van der Waals surface area contributed by atoms with Gasteiger partial charge in [-0.05, 0) is 42.0 Å². The maximum Gasteiger partial charge on any atom is 0.263 e. The number of carbonyl (C=O) groups excluding carboxylic acids is 1. The van der Waals surface area contributed by atoms with Gasteiger partial charge in [-0.25, -0.2) is 0 Å². The largest absolute Gasteiger partial charge is 0.320 e. The zero-order valence-electron chi connectivity index (χ0n) is 13.4. The molecule has 0 aliphatic rings. The van der Waals surface area contributed by atoms with Crippen LogP contribution in [0.2, 0.25) is 15.1 Å². The Hall–Kier alpha value is -2.27. The molecule has 26 heavy (non-hydrogen) atoms. The van der Waals surface area contributed by atoms with Crippen LogP contribution in [0, 0.1) is 0 Å². The number of amides is 1. The molecule has 0 fully saturated rings. The summed E-state index contributed by atoms with van der Waals surface area (Å²) in [5.41, 5.74) is 0.690. The summed E-state index contributed by atoms with van der Waals surface area (Å²) in [4.78, 5) is 25.2. The van der Waals surface area contributed by atoms with Crippen LogP contribution >= 0.6 is 34.8 Å². The molecule has 0 bridgehead atoms. The van der Waals surface area contributed by atoms with Crippen molar-refractivity contribution >= 4 is 46.4 Å². The third-order valence-electron chi connectivity index (χ3n) is 3.74. The highest BCUT2D eigenvalue weighted by atomic mass is 35.5. The average molecular weight is 408 g/mol. The molecule has 0 spiro atoms. The van der Waals surface area contributed by atoms with E-state index in [0.717, 1.165) is 5.56 Å². The Morgan fingerprint density at radius 2 is 1.73 bits per heavy atom. The number of pyridine rings is 1. The van der Waals surface area contributed by atoms with Gasteiger partial charge in [-0.2, -0.15) is 0 Å². The maximum absolute atomic E-state index is 12.7. The van der Waals surface area contributed by atoms with Crippen molar-refractivity contribution < 1.29 is 4.79 Å². The minimum atomic E-state index is -0.562. The maximum atomic E-state index is 12.7. The van der Waals surface area contributed by atoms with Gasteiger partial charge in [0.25, 0.3) is 11.5 Å². The lowest BCUT2D eigenvalue weighted by molar-refractivity contribution is 0.102. The smallest absolute Gasteiger partial charge is 0.263 e. The lowest BCUT2D eigenvalue weighted by atomic mass is 10.2. The number of hydrogen-bond donors (Lipinski definition) is 1. The van der Waals surface area contributed by atoms with Crippen LogP contribution in [-0.2, 0) is 6.54 Å². The summed E-state index contributed by atoms with van der Waals surface area (Å²) in [6.45, 7) is 0.261. The topological polar surface area (TPSA) is 51.1 Å². The molecule has 0 saturated heterocycles. The normalized spacial score (nSPS) is 10.6. The van der Waals surface area contributed by atoms with Crippen molar-refractivity contribution in [2.45, 2.75) is 6.54 Å². The van der Waals surface area contributed by atoms with Gasteiger partial charge in [0.1, 0.15) is 5.56 Å². The van der Waals surface area contributed by atoms with Gasteiger partial charge in [-0.3, -0.25) is 9.59 Å². The van der Waals surface area contributed by atoms with Gasteiger partial charge in [0.15, 0.2) is 0 Å². The monoisotopic (exact) mass is 406 g/mol. The third kappa shape index (κ3) is 4.10. The van der Waals surface area contributed by atoms with Crippen LogP contribution in [0.4, 0.5) is 5.69 Å². The summed E-state index contributed by atoms with van der Waals surface area (Å²) in [5, 5.41) is 3.93. The highest BCUT2D eigenvalue weighted by Gasteiger charge is 2.14. The number of aromatic nitrogens is 1. The van der Waals surface area contributed by atoms with Gasteiger partial charge < -0.3 is 9.88 Å². The molecule has 0 atom stereocenters. The van der Waals surface area contributed by atoms with E-state index in [2.05, 4.69) is 5.32 Å². The molecule has 0 radical (unpaired) electrons. The van der Waals surface area contributed by atoms with Crippen molar-refractivity contribution in [1.82, 2.24) is 4.57 Å². The Labute approximate surface area is 164 Å². The summed E-state index contributed by atoms with van der Waals surface area (Å²) in [6, 6.07) is 15.0. The molecule has 2 aromatic carbocycles. The fourth-order valence-corrected chi connectivity index (χ4v) is 2.96. The predicted octanol–water partition coefficient (Wildman–Crippen LogP) is 5.11. The summed E-state index contributed by atoms with van der Waals surface area (Å²) in [7, 11) is 0. The van der Waals surface area contributed by atoms with Crippen molar-refractivity contribution in [2.75, 3.05) is 5.32 Å². The third-order valence-corrected chi connectivity index (χ3v) is 4.67. The van der Waals surface area contributed by atoms with E-state index in [1.54, 1.807) is 30.5 Å². The highest BCUT2D eigenvalue weighted by Crippen LogP contribution is 2.25. The van der Waals surface area contributed by atoms with Crippen LogP contribution in [0.3, 0.4) is 0 Å². The fraction of sp³-hybridized carbons (Fsp3) is 0.0526. The molecule has 0 aliphatic heterocycles. The molecule has 132 valence electrons. The summed E-state index contributed by atoms with van der Waals surface area (Å²) >= 11 is 18.1. The molecule has 0 unspecified atom stereocenters. The van der Waals surface area contributed by atoms with Crippen molar-refractivity contribution in [3.8, 4) is 0 Å². The Morgan fingerprint density at radius 3 is 2.50 bits per heavy atom. The Morgan fingerprint density at radius 1 is 0.962 bits per heavy atom. The molecule has 0 saturated carbocycles. The number of benzene rings is 2. The van der Waals surface area contributed by atoms with Gasteiger partial charge in [-0.15, -0.1) is 0 Å². The molecule has 4 nitrogen and oxygen atoms in total. The van der Waals surface area contributed by atoms with E-state index in [-0.39, 0.29) is 12.1 Å². The highest BCUT2D eigenvalue weighted by molar-refractivity contribution is 6.35. The number of hydrogen-bond acceptors (Lipinski definition) is 2. The van der Waals surface area contributed by atoms with Crippen LogP contribution in [0.15, 0.2) is 65.6 Å². The standard InChI is InChI=1S/C19H13Cl3N2O2/c20-13-7-8-16(22)17(10-13)23-18(25)14-5-3-9-24(19(14)26)11-12-4-1-2-6-15(12)21/h1-10H,11H2,(H,23,25). The minimum Gasteiger partial charge on any atom is -0.320 e. The predicted molar refractivity (Wildman–Crippen MR) is 106 cm³/mol. The first-order valence-corrected chi connectivity index (χ1v) is 8.78. The van der Waals surface area contributed by atoms with Crippen LogP contribution in [-0.4, -0.2) is 10.5 Å². The van der Waals surface area contributed by atoms with Gasteiger partial charge in [0.2, 0.25) is 0 Å². The molecular weight excluding hydrogens is 395 g/mol. The number of rotatable bonds is 4. The van der Waals surface area contributed by atoms with Gasteiger partial charge in [0, 0.05) is 16.2 Å². The molecule has 1 aromatic heterocycles. The molecule has 1 heterocycles. The summed E-state index contributed by atoms with van der Waals surface area (Å²) in [6.07, 6.45) is 1.61. The van der Waals surface area contributed by atoms with Crippen molar-refractivity contribution in [3.05, 3.63) is 97.3 Å². The second kappa shape index (κ2) is 7.96. The van der Waals surface area contributed by atoms with Gasteiger partial charge >= 0.3 is 0 Å². The second-order valence-corrected chi connectivity index (χ2v) is 6.78. The summed E-state index contributed by atoms with van der Waals surface area (Å²) in [5.74, 6) is -0.562. The summed E-state index contributed by atoms with van der Waals surface area (Å²) < 4.78 is 1.43. The van der Waals surface area contributed by atoms with E-state index in [4.69, 9.17) is 34.8 Å². The van der Waals surface area contributed by atoms with Gasteiger partial charge in [-0.1, -0.05) is 53.0 Å². The zero-order valence-corrected chi connectivity index (χ0v) is 15.6. The number of nitrogens with zero attached hydrogens (tertiary/aromatic N) is 1. The van der Waals surface area contributed by atoms with Crippen molar-refractivity contribution in [2.24, 2.45) is 0 Å². The first kappa shape index (κ1) is 18.5. The quantitative estimate of drug-likeness (QED) is 0.653. The Kier molecular flexibility index (Phi) is 5.67. The number of carbonyl (C=O) groups is 1. The molecule has 1 N–H and O–H groups in total. The molecule has 3 rings (SSSR count). The molecule has 1 amide bonds. The first-order valence-electron chi connectivity index (χ1n) is 7.65. The molecule has 3 aromatic rings. The van der Waals surface area contributed by atoms with Gasteiger partial charge in [0.05, 0.1) is 17.3 Å². The number of halogens is 3. The Balaban J connectivity index is 1.89. The van der Waals surface area contributed by atoms with Crippen LogP contribution in [0.5, 0.6) is 0 Å². The van der Waals surface area contributed by atoms with E-state index in [9.17, 15) is 9.59 Å². The number of anilines is 1. The lowest BCUT2D eigenvalue weighted by Gasteiger charge is -2.11.